The van der Waals surface area contributed by atoms with Crippen molar-refractivity contribution in [3.8, 4) is 11.5 Å². The molecule has 5 rings (SSSR count). The first-order valence-electron chi connectivity index (χ1n) is 13.4. The van der Waals surface area contributed by atoms with E-state index in [0.717, 1.165) is 50.3 Å². The number of carbonyl (C=O) groups excluding carboxylic acids is 1. The van der Waals surface area contributed by atoms with Crippen LogP contribution in [0.1, 0.15) is 49.7 Å². The van der Waals surface area contributed by atoms with Crippen LogP contribution in [0.4, 0.5) is 13.2 Å². The Balaban J connectivity index is 1.30. The van der Waals surface area contributed by atoms with Gasteiger partial charge in [-0.3, -0.25) is 4.79 Å². The molecule has 1 N–H and O–H groups in total. The number of likely N-dealkylation sites (tertiary alicyclic amines) is 1. The summed E-state index contributed by atoms with van der Waals surface area (Å²) in [5.41, 5.74) is 1.50. The molecule has 1 aliphatic heterocycles. The first-order valence-corrected chi connectivity index (χ1v) is 13.4. The minimum atomic E-state index is -4.77. The van der Waals surface area contributed by atoms with Gasteiger partial charge in [0.05, 0.1) is 0 Å². The second kappa shape index (κ2) is 10.6. The lowest BCUT2D eigenvalue weighted by Gasteiger charge is -2.54. The Kier molecular flexibility index (Phi) is 7.45. The van der Waals surface area contributed by atoms with E-state index >= 15 is 0 Å². The quantitative estimate of drug-likeness (QED) is 0.449. The van der Waals surface area contributed by atoms with E-state index in [0.29, 0.717) is 11.5 Å². The molecule has 0 bridgehead atoms. The third-order valence-electron chi connectivity index (χ3n) is 8.62. The van der Waals surface area contributed by atoms with Crippen molar-refractivity contribution in [1.29, 1.82) is 0 Å². The Hall–Kier alpha value is -3.00. The minimum absolute atomic E-state index is 0.0284. The summed E-state index contributed by atoms with van der Waals surface area (Å²) >= 11 is 0. The number of benzene rings is 2. The maximum Gasteiger partial charge on any atom is 0.573 e. The molecule has 8 heteroatoms. The van der Waals surface area contributed by atoms with Gasteiger partial charge in [-0.15, -0.1) is 13.2 Å². The zero-order chi connectivity index (χ0) is 26.9. The van der Waals surface area contributed by atoms with Crippen LogP contribution < -0.4 is 4.74 Å². The predicted molar refractivity (Wildman–Crippen MR) is 140 cm³/mol. The molecule has 3 atom stereocenters. The summed E-state index contributed by atoms with van der Waals surface area (Å²) in [6, 6.07) is 13.2. The minimum Gasteiger partial charge on any atom is -0.508 e. The van der Waals surface area contributed by atoms with Crippen LogP contribution in [0.15, 0.2) is 54.6 Å². The van der Waals surface area contributed by atoms with Gasteiger partial charge in [0.25, 0.3) is 0 Å². The molecule has 204 valence electrons. The summed E-state index contributed by atoms with van der Waals surface area (Å²) in [5, 5.41) is 10.3. The molecule has 1 amide bonds. The van der Waals surface area contributed by atoms with Crippen LogP contribution in [-0.2, 0) is 10.2 Å². The number of nitrogens with zero attached hydrogens (tertiary/aromatic N) is 2. The average molecular weight is 529 g/mol. The number of hydrogen-bond donors (Lipinski definition) is 1. The molecule has 2 aromatic rings. The standard InChI is InChI=1S/C30H35F3N2O3/c1-34(28(37)13-10-21-4-2-7-27(16-21)38-30(31,32)33)25-12-11-24-20-35(19-22-8-9-22)15-14-29(24,18-25)23-5-3-6-26(36)17-23/h2-7,10,13,16-17,22,24-25,36H,8-9,11-12,14-15,18-20H2,1H3/b13-10+. The Morgan fingerprint density at radius 2 is 1.95 bits per heavy atom. The molecule has 0 aromatic heterocycles. The molecule has 1 saturated heterocycles. The van der Waals surface area contributed by atoms with Crippen molar-refractivity contribution < 1.29 is 27.8 Å². The normalized spacial score (nSPS) is 26.2. The first-order chi connectivity index (χ1) is 18.1. The zero-order valence-electron chi connectivity index (χ0n) is 21.7. The highest BCUT2D eigenvalue weighted by Gasteiger charge is 2.49. The van der Waals surface area contributed by atoms with Crippen molar-refractivity contribution in [2.75, 3.05) is 26.7 Å². The Labute approximate surface area is 221 Å². The summed E-state index contributed by atoms with van der Waals surface area (Å²) in [5.74, 6) is 1.06. The third kappa shape index (κ3) is 6.17. The van der Waals surface area contributed by atoms with Crippen molar-refractivity contribution in [2.45, 2.75) is 56.3 Å². The second-order valence-corrected chi connectivity index (χ2v) is 11.2. The van der Waals surface area contributed by atoms with Gasteiger partial charge in [-0.1, -0.05) is 24.3 Å². The highest BCUT2D eigenvalue weighted by Crippen LogP contribution is 2.51. The maximum atomic E-state index is 13.1. The number of carbonyl (C=O) groups is 1. The topological polar surface area (TPSA) is 53.0 Å². The third-order valence-corrected chi connectivity index (χ3v) is 8.62. The van der Waals surface area contributed by atoms with E-state index in [1.807, 2.05) is 12.1 Å². The van der Waals surface area contributed by atoms with Crippen LogP contribution in [-0.4, -0.2) is 59.9 Å². The van der Waals surface area contributed by atoms with Gasteiger partial charge in [0.1, 0.15) is 11.5 Å². The molecule has 5 nitrogen and oxygen atoms in total. The lowest BCUT2D eigenvalue weighted by atomic mass is 9.57. The maximum absolute atomic E-state index is 13.1. The summed E-state index contributed by atoms with van der Waals surface area (Å²) in [6.45, 7) is 3.24. The van der Waals surface area contributed by atoms with Crippen molar-refractivity contribution in [3.63, 3.8) is 0 Å². The van der Waals surface area contributed by atoms with Gasteiger partial charge in [-0.05, 0) is 98.4 Å². The SMILES string of the molecule is CN(C(=O)/C=C/c1cccc(OC(F)(F)F)c1)C1CCC2CN(CC3CC3)CCC2(c2cccc(O)c2)C1. The number of aromatic hydroxyl groups is 1. The number of halogens is 3. The van der Waals surface area contributed by atoms with Crippen molar-refractivity contribution in [3.05, 3.63) is 65.7 Å². The summed E-state index contributed by atoms with van der Waals surface area (Å²) in [4.78, 5) is 17.5. The fourth-order valence-electron chi connectivity index (χ4n) is 6.45. The fourth-order valence-corrected chi connectivity index (χ4v) is 6.45. The molecule has 3 unspecified atom stereocenters. The molecule has 0 radical (unpaired) electrons. The fraction of sp³-hybridized carbons (Fsp3) is 0.500. The van der Waals surface area contributed by atoms with Gasteiger partial charge in [0.2, 0.25) is 5.91 Å². The summed E-state index contributed by atoms with van der Waals surface area (Å²) < 4.78 is 41.7. The molecule has 3 aliphatic rings. The number of likely N-dealkylation sites (N-methyl/N-ethyl adjacent to an activating group) is 1. The van der Waals surface area contributed by atoms with E-state index < -0.39 is 6.36 Å². The predicted octanol–water partition coefficient (Wildman–Crippen LogP) is 5.98. The van der Waals surface area contributed by atoms with Gasteiger partial charge < -0.3 is 19.6 Å². The highest BCUT2D eigenvalue weighted by atomic mass is 19.4. The highest BCUT2D eigenvalue weighted by molar-refractivity contribution is 5.91. The number of hydrogen-bond acceptors (Lipinski definition) is 4. The van der Waals surface area contributed by atoms with Crippen molar-refractivity contribution in [1.82, 2.24) is 9.80 Å². The molecule has 0 spiro atoms. The van der Waals surface area contributed by atoms with Gasteiger partial charge in [0, 0.05) is 37.7 Å². The smallest absolute Gasteiger partial charge is 0.508 e. The van der Waals surface area contributed by atoms with Crippen molar-refractivity contribution in [2.24, 2.45) is 11.8 Å². The van der Waals surface area contributed by atoms with Gasteiger partial charge in [0.15, 0.2) is 0 Å². The molecule has 38 heavy (non-hydrogen) atoms. The molecule has 3 fully saturated rings. The molecule has 2 aliphatic carbocycles. The van der Waals surface area contributed by atoms with E-state index in [1.165, 1.54) is 49.7 Å². The van der Waals surface area contributed by atoms with Gasteiger partial charge in [-0.2, -0.15) is 0 Å². The van der Waals surface area contributed by atoms with E-state index in [9.17, 15) is 23.1 Å². The van der Waals surface area contributed by atoms with Crippen LogP contribution >= 0.6 is 0 Å². The number of piperidine rings is 1. The summed E-state index contributed by atoms with van der Waals surface area (Å²) in [6.07, 6.45) is 4.55. The number of amides is 1. The lowest BCUT2D eigenvalue weighted by molar-refractivity contribution is -0.274. The van der Waals surface area contributed by atoms with Crippen LogP contribution in [0, 0.1) is 11.8 Å². The lowest BCUT2D eigenvalue weighted by Crippen LogP contribution is -2.56. The molecular formula is C30H35F3N2O3. The number of rotatable bonds is 7. The largest absolute Gasteiger partial charge is 0.573 e. The summed E-state index contributed by atoms with van der Waals surface area (Å²) in [7, 11) is 1.80. The number of ether oxygens (including phenoxy) is 1. The van der Waals surface area contributed by atoms with Crippen LogP contribution in [0.3, 0.4) is 0 Å². The Morgan fingerprint density at radius 1 is 1.16 bits per heavy atom. The second-order valence-electron chi connectivity index (χ2n) is 11.2. The monoisotopic (exact) mass is 528 g/mol. The van der Waals surface area contributed by atoms with Crippen molar-refractivity contribution >= 4 is 12.0 Å². The number of fused-ring (bicyclic) bond motifs is 1. The molecule has 2 aromatic carbocycles. The molecule has 2 saturated carbocycles. The Morgan fingerprint density at radius 3 is 2.68 bits per heavy atom. The van der Waals surface area contributed by atoms with Crippen LogP contribution in [0.2, 0.25) is 0 Å². The number of phenolic OH excluding ortho intramolecular Hbond substituents is 1. The van der Waals surface area contributed by atoms with E-state index in [-0.39, 0.29) is 28.9 Å². The Bertz CT molecular complexity index is 1180. The number of phenols is 1. The van der Waals surface area contributed by atoms with Crippen LogP contribution in [0.5, 0.6) is 11.5 Å². The number of alkyl halides is 3. The molecule has 1 heterocycles. The van der Waals surface area contributed by atoms with Gasteiger partial charge in [-0.25, -0.2) is 0 Å². The van der Waals surface area contributed by atoms with E-state index in [1.54, 1.807) is 24.1 Å². The first kappa shape index (κ1) is 26.6. The zero-order valence-corrected chi connectivity index (χ0v) is 21.7. The molecular weight excluding hydrogens is 493 g/mol. The van der Waals surface area contributed by atoms with E-state index in [2.05, 4.69) is 15.7 Å². The van der Waals surface area contributed by atoms with E-state index in [4.69, 9.17) is 0 Å². The van der Waals surface area contributed by atoms with Gasteiger partial charge >= 0.3 is 6.36 Å². The average Bonchev–Trinajstić information content (AvgIpc) is 3.70. The van der Waals surface area contributed by atoms with Crippen LogP contribution in [0.25, 0.3) is 6.08 Å².